The average Bonchev–Trinajstić information content (AvgIpc) is 2.91. The molecule has 0 atom stereocenters. The molecule has 1 saturated carbocycles. The Morgan fingerprint density at radius 3 is 2.87 bits per heavy atom. The zero-order chi connectivity index (χ0) is 10.4. The lowest BCUT2D eigenvalue weighted by atomic mass is 10.1. The topological polar surface area (TPSA) is 75.0 Å². The Balaban J connectivity index is 1.71. The summed E-state index contributed by atoms with van der Waals surface area (Å²) in [7, 11) is 0. The summed E-state index contributed by atoms with van der Waals surface area (Å²) in [6.07, 6.45) is 2.43. The lowest BCUT2D eigenvalue weighted by Crippen LogP contribution is -2.57. The largest absolute Gasteiger partial charge is 0.334 e. The van der Waals surface area contributed by atoms with Crippen LogP contribution < -0.4 is 5.73 Å². The lowest BCUT2D eigenvalue weighted by molar-refractivity contribution is 0.0602. The minimum atomic E-state index is -0.000139. The van der Waals surface area contributed by atoms with Gasteiger partial charge in [0.1, 0.15) is 5.69 Å². The number of H-pyrrole nitrogens is 1. The Morgan fingerprint density at radius 2 is 2.27 bits per heavy atom. The molecule has 1 amide bonds. The van der Waals surface area contributed by atoms with E-state index in [1.807, 2.05) is 6.07 Å². The van der Waals surface area contributed by atoms with Gasteiger partial charge in [0.25, 0.3) is 5.91 Å². The van der Waals surface area contributed by atoms with Crippen molar-refractivity contribution >= 4 is 5.91 Å². The molecule has 2 aliphatic rings. The molecule has 1 aromatic heterocycles. The highest BCUT2D eigenvalue weighted by molar-refractivity contribution is 5.93. The molecule has 0 aromatic carbocycles. The van der Waals surface area contributed by atoms with Gasteiger partial charge in [-0.25, -0.2) is 0 Å². The Morgan fingerprint density at radius 1 is 1.53 bits per heavy atom. The van der Waals surface area contributed by atoms with Gasteiger partial charge in [0.05, 0.1) is 0 Å². The van der Waals surface area contributed by atoms with Crippen molar-refractivity contribution in [1.29, 1.82) is 0 Å². The van der Waals surface area contributed by atoms with E-state index >= 15 is 0 Å². The molecule has 80 valence electrons. The van der Waals surface area contributed by atoms with Crippen molar-refractivity contribution in [3.8, 4) is 0 Å². The van der Waals surface area contributed by atoms with Gasteiger partial charge in [-0.15, -0.1) is 0 Å². The number of carbonyl (C=O) groups excluding carboxylic acids is 1. The van der Waals surface area contributed by atoms with Crippen LogP contribution in [0.4, 0.5) is 0 Å². The van der Waals surface area contributed by atoms with Gasteiger partial charge in [-0.1, -0.05) is 0 Å². The number of likely N-dealkylation sites (tertiary alicyclic amines) is 1. The third-order valence-electron chi connectivity index (χ3n) is 3.03. The van der Waals surface area contributed by atoms with Gasteiger partial charge in [0.2, 0.25) is 0 Å². The molecule has 3 rings (SSSR count). The standard InChI is InChI=1S/C10H14N4O/c11-7-4-14(5-7)10(15)9-3-8(12-13-9)6-1-2-6/h3,6-7H,1-2,4-5,11H2,(H,12,13). The van der Waals surface area contributed by atoms with E-state index in [4.69, 9.17) is 5.73 Å². The van der Waals surface area contributed by atoms with E-state index in [1.54, 1.807) is 4.90 Å². The number of carbonyl (C=O) groups is 1. The number of nitrogens with one attached hydrogen (secondary N) is 1. The maximum Gasteiger partial charge on any atom is 0.274 e. The second-order valence-corrected chi connectivity index (χ2v) is 4.45. The van der Waals surface area contributed by atoms with E-state index < -0.39 is 0 Å². The first kappa shape index (κ1) is 8.91. The van der Waals surface area contributed by atoms with E-state index in [1.165, 1.54) is 12.8 Å². The summed E-state index contributed by atoms with van der Waals surface area (Å²) >= 11 is 0. The van der Waals surface area contributed by atoms with Crippen molar-refractivity contribution in [2.75, 3.05) is 13.1 Å². The molecule has 1 aliphatic heterocycles. The van der Waals surface area contributed by atoms with E-state index in [-0.39, 0.29) is 11.9 Å². The number of aromatic amines is 1. The van der Waals surface area contributed by atoms with Gasteiger partial charge in [-0.2, -0.15) is 5.10 Å². The quantitative estimate of drug-likeness (QED) is 0.719. The number of nitrogens with zero attached hydrogens (tertiary/aromatic N) is 2. The summed E-state index contributed by atoms with van der Waals surface area (Å²) in [5.74, 6) is 0.609. The van der Waals surface area contributed by atoms with Crippen LogP contribution >= 0.6 is 0 Å². The first-order chi connectivity index (χ1) is 7.24. The zero-order valence-corrected chi connectivity index (χ0v) is 8.44. The molecular formula is C10H14N4O. The van der Waals surface area contributed by atoms with Crippen LogP contribution in [-0.4, -0.2) is 40.1 Å². The summed E-state index contributed by atoms with van der Waals surface area (Å²) < 4.78 is 0. The molecule has 5 nitrogen and oxygen atoms in total. The molecule has 2 heterocycles. The highest BCUT2D eigenvalue weighted by Crippen LogP contribution is 2.39. The normalized spacial score (nSPS) is 21.5. The van der Waals surface area contributed by atoms with Crippen LogP contribution in [0.3, 0.4) is 0 Å². The summed E-state index contributed by atoms with van der Waals surface area (Å²) in [6, 6.07) is 2.03. The lowest BCUT2D eigenvalue weighted by Gasteiger charge is -2.36. The molecule has 1 saturated heterocycles. The fourth-order valence-corrected chi connectivity index (χ4v) is 1.89. The maximum absolute atomic E-state index is 11.8. The third-order valence-corrected chi connectivity index (χ3v) is 3.03. The van der Waals surface area contributed by atoms with Crippen molar-refractivity contribution < 1.29 is 4.79 Å². The maximum atomic E-state index is 11.8. The van der Waals surface area contributed by atoms with Crippen LogP contribution in [0.1, 0.15) is 34.9 Å². The van der Waals surface area contributed by atoms with Gasteiger partial charge in [-0.3, -0.25) is 9.89 Å². The van der Waals surface area contributed by atoms with Gasteiger partial charge >= 0.3 is 0 Å². The van der Waals surface area contributed by atoms with Gasteiger partial charge in [0.15, 0.2) is 0 Å². The Kier molecular flexibility index (Phi) is 1.82. The smallest absolute Gasteiger partial charge is 0.274 e. The first-order valence-corrected chi connectivity index (χ1v) is 5.34. The highest BCUT2D eigenvalue weighted by Gasteiger charge is 2.31. The van der Waals surface area contributed by atoms with E-state index in [0.29, 0.717) is 24.7 Å². The van der Waals surface area contributed by atoms with Crippen LogP contribution in [0.15, 0.2) is 6.07 Å². The average molecular weight is 206 g/mol. The molecule has 3 N–H and O–H groups in total. The number of aromatic nitrogens is 2. The fourth-order valence-electron chi connectivity index (χ4n) is 1.89. The van der Waals surface area contributed by atoms with Crippen molar-refractivity contribution in [3.63, 3.8) is 0 Å². The Labute approximate surface area is 87.6 Å². The van der Waals surface area contributed by atoms with Crippen LogP contribution in [0.2, 0.25) is 0 Å². The van der Waals surface area contributed by atoms with Crippen molar-refractivity contribution in [2.24, 2.45) is 5.73 Å². The second-order valence-electron chi connectivity index (χ2n) is 4.45. The number of hydrogen-bond donors (Lipinski definition) is 2. The zero-order valence-electron chi connectivity index (χ0n) is 8.44. The van der Waals surface area contributed by atoms with E-state index in [0.717, 1.165) is 5.69 Å². The predicted octanol–water partition coefficient (Wildman–Crippen LogP) is 0.0702. The van der Waals surface area contributed by atoms with Crippen molar-refractivity contribution in [3.05, 3.63) is 17.5 Å². The van der Waals surface area contributed by atoms with Gasteiger partial charge in [-0.05, 0) is 18.9 Å². The molecule has 0 bridgehead atoms. The molecular weight excluding hydrogens is 192 g/mol. The molecule has 1 aliphatic carbocycles. The minimum absolute atomic E-state index is 0.000139. The Bertz CT molecular complexity index is 390. The van der Waals surface area contributed by atoms with Crippen molar-refractivity contribution in [2.45, 2.75) is 24.8 Å². The van der Waals surface area contributed by atoms with Gasteiger partial charge in [0, 0.05) is 30.7 Å². The monoisotopic (exact) mass is 206 g/mol. The molecule has 1 aromatic rings. The predicted molar refractivity (Wildman–Crippen MR) is 54.4 cm³/mol. The molecule has 0 radical (unpaired) electrons. The van der Waals surface area contributed by atoms with E-state index in [9.17, 15) is 4.79 Å². The molecule has 0 unspecified atom stereocenters. The number of rotatable bonds is 2. The third kappa shape index (κ3) is 1.52. The summed E-state index contributed by atoms with van der Waals surface area (Å²) in [5.41, 5.74) is 7.26. The minimum Gasteiger partial charge on any atom is -0.334 e. The molecule has 0 spiro atoms. The molecule has 5 heteroatoms. The van der Waals surface area contributed by atoms with Crippen LogP contribution in [-0.2, 0) is 0 Å². The Hall–Kier alpha value is -1.36. The number of amides is 1. The molecule has 2 fully saturated rings. The van der Waals surface area contributed by atoms with Crippen molar-refractivity contribution in [1.82, 2.24) is 15.1 Å². The highest BCUT2D eigenvalue weighted by atomic mass is 16.2. The number of nitrogens with two attached hydrogens (primary N) is 1. The molecule has 15 heavy (non-hydrogen) atoms. The fraction of sp³-hybridized carbons (Fsp3) is 0.600. The SMILES string of the molecule is NC1CN(C(=O)c2cc(C3CC3)[nH]n2)C1. The van der Waals surface area contributed by atoms with Crippen LogP contribution in [0.25, 0.3) is 0 Å². The second kappa shape index (κ2) is 3.06. The van der Waals surface area contributed by atoms with E-state index in [2.05, 4.69) is 10.2 Å². The van der Waals surface area contributed by atoms with Crippen LogP contribution in [0.5, 0.6) is 0 Å². The van der Waals surface area contributed by atoms with Gasteiger partial charge < -0.3 is 10.6 Å². The summed E-state index contributed by atoms with van der Waals surface area (Å²) in [6.45, 7) is 1.31. The summed E-state index contributed by atoms with van der Waals surface area (Å²) in [5, 5.41) is 6.98. The first-order valence-electron chi connectivity index (χ1n) is 5.34. The number of hydrogen-bond acceptors (Lipinski definition) is 3. The van der Waals surface area contributed by atoms with Crippen LogP contribution in [0, 0.1) is 0 Å². The summed E-state index contributed by atoms with van der Waals surface area (Å²) in [4.78, 5) is 13.6.